The van der Waals surface area contributed by atoms with Crippen LogP contribution >= 0.6 is 0 Å². The van der Waals surface area contributed by atoms with Crippen LogP contribution in [0.3, 0.4) is 0 Å². The van der Waals surface area contributed by atoms with Crippen LogP contribution in [0.1, 0.15) is 18.5 Å². The minimum absolute atomic E-state index is 0.485. The van der Waals surface area contributed by atoms with Gasteiger partial charge in [0.25, 0.3) is 0 Å². The van der Waals surface area contributed by atoms with Crippen LogP contribution < -0.4 is 10.6 Å². The molecule has 17 heavy (non-hydrogen) atoms. The molecule has 0 amide bonds. The van der Waals surface area contributed by atoms with Crippen LogP contribution in [0.2, 0.25) is 0 Å². The Morgan fingerprint density at radius 3 is 3.18 bits per heavy atom. The molecule has 0 saturated carbocycles. The first kappa shape index (κ1) is 10.9. The van der Waals surface area contributed by atoms with E-state index in [0.717, 1.165) is 31.3 Å². The highest BCUT2D eigenvalue weighted by molar-refractivity contribution is 5.32. The summed E-state index contributed by atoms with van der Waals surface area (Å²) < 4.78 is 0. The van der Waals surface area contributed by atoms with Gasteiger partial charge in [0, 0.05) is 38.4 Å². The quantitative estimate of drug-likeness (QED) is 0.792. The molecule has 0 bridgehead atoms. The van der Waals surface area contributed by atoms with Crippen molar-refractivity contribution in [2.45, 2.75) is 25.4 Å². The van der Waals surface area contributed by atoms with Gasteiger partial charge >= 0.3 is 0 Å². The number of fused-ring (bicyclic) bond motifs is 1. The number of nitrogens with two attached hydrogens (primary N) is 1. The van der Waals surface area contributed by atoms with Crippen LogP contribution in [-0.2, 0) is 6.54 Å². The number of piperazine rings is 1. The zero-order valence-corrected chi connectivity index (χ0v) is 10.0. The molecule has 5 heteroatoms. The fraction of sp³-hybridized carbons (Fsp3) is 0.667. The summed E-state index contributed by atoms with van der Waals surface area (Å²) >= 11 is 0. The van der Waals surface area contributed by atoms with Crippen molar-refractivity contribution < 1.29 is 0 Å². The molecule has 0 spiro atoms. The van der Waals surface area contributed by atoms with E-state index in [-0.39, 0.29) is 0 Å². The molecule has 0 radical (unpaired) electrons. The highest BCUT2D eigenvalue weighted by Crippen LogP contribution is 2.23. The Hall–Kier alpha value is -1.20. The predicted octanol–water partition coefficient (Wildman–Crippen LogP) is 0.220. The maximum atomic E-state index is 5.62. The second-order valence-corrected chi connectivity index (χ2v) is 4.83. The second-order valence-electron chi connectivity index (χ2n) is 4.83. The van der Waals surface area contributed by atoms with Crippen molar-refractivity contribution in [1.82, 2.24) is 14.9 Å². The maximum Gasteiger partial charge on any atom is 0.225 e. The van der Waals surface area contributed by atoms with Gasteiger partial charge in [-0.2, -0.15) is 0 Å². The van der Waals surface area contributed by atoms with Crippen molar-refractivity contribution in [3.8, 4) is 0 Å². The number of hydrogen-bond acceptors (Lipinski definition) is 5. The zero-order valence-electron chi connectivity index (χ0n) is 10.0. The minimum Gasteiger partial charge on any atom is -0.338 e. The first-order valence-electron chi connectivity index (χ1n) is 6.38. The zero-order chi connectivity index (χ0) is 11.7. The first-order chi connectivity index (χ1) is 8.36. The SMILES string of the molecule is NCc1ccnc(N2CCN3CCCC3C2)n1. The van der Waals surface area contributed by atoms with Crippen molar-refractivity contribution in [3.05, 3.63) is 18.0 Å². The molecular formula is C12H19N5. The number of anilines is 1. The molecule has 0 aromatic carbocycles. The maximum absolute atomic E-state index is 5.62. The number of aromatic nitrogens is 2. The molecule has 2 saturated heterocycles. The molecule has 0 aliphatic carbocycles. The summed E-state index contributed by atoms with van der Waals surface area (Å²) in [7, 11) is 0. The van der Waals surface area contributed by atoms with Gasteiger partial charge in [0.2, 0.25) is 5.95 Å². The van der Waals surface area contributed by atoms with Gasteiger partial charge in [-0.05, 0) is 25.5 Å². The Labute approximate surface area is 102 Å². The summed E-state index contributed by atoms with van der Waals surface area (Å²) in [6.45, 7) is 4.99. The molecule has 1 atom stereocenters. The van der Waals surface area contributed by atoms with Gasteiger partial charge in [-0.3, -0.25) is 4.90 Å². The van der Waals surface area contributed by atoms with Crippen LogP contribution in [0.15, 0.2) is 12.3 Å². The standard InChI is InChI=1S/C12H19N5/c13-8-10-3-4-14-12(15-10)17-7-6-16-5-1-2-11(16)9-17/h3-4,11H,1-2,5-9,13H2. The van der Waals surface area contributed by atoms with E-state index in [1.54, 1.807) is 0 Å². The van der Waals surface area contributed by atoms with Crippen molar-refractivity contribution in [1.29, 1.82) is 0 Å². The average molecular weight is 233 g/mol. The topological polar surface area (TPSA) is 58.3 Å². The largest absolute Gasteiger partial charge is 0.338 e. The fourth-order valence-corrected chi connectivity index (χ4v) is 2.82. The van der Waals surface area contributed by atoms with Gasteiger partial charge in [0.15, 0.2) is 0 Å². The Kier molecular flexibility index (Phi) is 2.94. The monoisotopic (exact) mass is 233 g/mol. The summed E-state index contributed by atoms with van der Waals surface area (Å²) in [5, 5.41) is 0. The van der Waals surface area contributed by atoms with Crippen molar-refractivity contribution >= 4 is 5.95 Å². The third-order valence-electron chi connectivity index (χ3n) is 3.78. The van der Waals surface area contributed by atoms with Gasteiger partial charge in [-0.1, -0.05) is 0 Å². The van der Waals surface area contributed by atoms with Crippen molar-refractivity contribution in [3.63, 3.8) is 0 Å². The Morgan fingerprint density at radius 1 is 1.35 bits per heavy atom. The minimum atomic E-state index is 0.485. The molecule has 92 valence electrons. The molecule has 2 aliphatic rings. The lowest BCUT2D eigenvalue weighted by Crippen LogP contribution is -2.50. The van der Waals surface area contributed by atoms with Gasteiger partial charge < -0.3 is 10.6 Å². The molecule has 1 aromatic heterocycles. The van der Waals surface area contributed by atoms with Crippen molar-refractivity contribution in [2.75, 3.05) is 31.1 Å². The molecule has 3 rings (SSSR count). The highest BCUT2D eigenvalue weighted by atomic mass is 15.3. The fourth-order valence-electron chi connectivity index (χ4n) is 2.82. The summed E-state index contributed by atoms with van der Waals surface area (Å²) in [4.78, 5) is 13.8. The third kappa shape index (κ3) is 2.12. The van der Waals surface area contributed by atoms with Gasteiger partial charge in [0.05, 0.1) is 5.69 Å². The summed E-state index contributed by atoms with van der Waals surface area (Å²) in [6.07, 6.45) is 4.46. The first-order valence-corrected chi connectivity index (χ1v) is 6.38. The van der Waals surface area contributed by atoms with E-state index in [0.29, 0.717) is 12.6 Å². The van der Waals surface area contributed by atoms with E-state index in [9.17, 15) is 0 Å². The Morgan fingerprint density at radius 2 is 2.29 bits per heavy atom. The Balaban J connectivity index is 1.75. The highest BCUT2D eigenvalue weighted by Gasteiger charge is 2.31. The van der Waals surface area contributed by atoms with Crippen LogP contribution in [0.25, 0.3) is 0 Å². The van der Waals surface area contributed by atoms with Gasteiger partial charge in [0.1, 0.15) is 0 Å². The number of rotatable bonds is 2. The third-order valence-corrected chi connectivity index (χ3v) is 3.78. The van der Waals surface area contributed by atoms with Crippen LogP contribution in [0, 0.1) is 0 Å². The van der Waals surface area contributed by atoms with E-state index < -0.39 is 0 Å². The smallest absolute Gasteiger partial charge is 0.225 e. The molecule has 1 aromatic rings. The van der Waals surface area contributed by atoms with Crippen LogP contribution in [0.4, 0.5) is 5.95 Å². The molecule has 5 nitrogen and oxygen atoms in total. The van der Waals surface area contributed by atoms with E-state index in [1.807, 2.05) is 12.3 Å². The van der Waals surface area contributed by atoms with E-state index in [1.165, 1.54) is 19.4 Å². The Bertz CT molecular complexity index is 394. The number of hydrogen-bond donors (Lipinski definition) is 1. The van der Waals surface area contributed by atoms with E-state index in [4.69, 9.17) is 5.73 Å². The molecule has 2 fully saturated rings. The molecular weight excluding hydrogens is 214 g/mol. The van der Waals surface area contributed by atoms with Gasteiger partial charge in [-0.25, -0.2) is 9.97 Å². The molecule has 3 heterocycles. The van der Waals surface area contributed by atoms with E-state index >= 15 is 0 Å². The average Bonchev–Trinajstić information content (AvgIpc) is 2.86. The number of nitrogens with zero attached hydrogens (tertiary/aromatic N) is 4. The predicted molar refractivity (Wildman–Crippen MR) is 66.7 cm³/mol. The second kappa shape index (κ2) is 4.58. The molecule has 2 aliphatic heterocycles. The molecule has 1 unspecified atom stereocenters. The lowest BCUT2D eigenvalue weighted by molar-refractivity contribution is 0.229. The van der Waals surface area contributed by atoms with Gasteiger partial charge in [-0.15, -0.1) is 0 Å². The van der Waals surface area contributed by atoms with Crippen molar-refractivity contribution in [2.24, 2.45) is 5.73 Å². The van der Waals surface area contributed by atoms with E-state index in [2.05, 4.69) is 19.8 Å². The van der Waals surface area contributed by atoms with Crippen LogP contribution in [-0.4, -0.2) is 47.1 Å². The summed E-state index contributed by atoms with van der Waals surface area (Å²) in [5.41, 5.74) is 6.54. The van der Waals surface area contributed by atoms with Crippen LogP contribution in [0.5, 0.6) is 0 Å². The normalized spacial score (nSPS) is 25.0. The lowest BCUT2D eigenvalue weighted by Gasteiger charge is -2.37. The molecule has 2 N–H and O–H groups in total. The lowest BCUT2D eigenvalue weighted by atomic mass is 10.1. The summed E-state index contributed by atoms with van der Waals surface area (Å²) in [6, 6.07) is 2.59. The summed E-state index contributed by atoms with van der Waals surface area (Å²) in [5.74, 6) is 0.847.